The molecular formula is C15H20ClN5O4. The third-order valence-electron chi connectivity index (χ3n) is 4.68. The molecule has 1 saturated heterocycles. The van der Waals surface area contributed by atoms with Crippen molar-refractivity contribution in [3.63, 3.8) is 0 Å². The Morgan fingerprint density at radius 3 is 2.64 bits per heavy atom. The molecule has 0 atom stereocenters. The second kappa shape index (κ2) is 7.92. The summed E-state index contributed by atoms with van der Waals surface area (Å²) in [6.07, 6.45) is 4.10. The average Bonchev–Trinajstić information content (AvgIpc) is 2.62. The second-order valence-electron chi connectivity index (χ2n) is 6.26. The largest absolute Gasteiger partial charge is 0.378 e. The number of nitro groups is 1. The minimum atomic E-state index is -0.535. The Balaban J connectivity index is 1.57. The molecule has 1 amide bonds. The fourth-order valence-corrected chi connectivity index (χ4v) is 3.45. The Hall–Kier alpha value is -2.00. The summed E-state index contributed by atoms with van der Waals surface area (Å²) in [6, 6.07) is 0.0263. The van der Waals surface area contributed by atoms with Crippen LogP contribution in [0.3, 0.4) is 0 Å². The van der Waals surface area contributed by atoms with E-state index in [0.717, 1.165) is 31.9 Å². The summed E-state index contributed by atoms with van der Waals surface area (Å²) in [5, 5.41) is 14.1. The van der Waals surface area contributed by atoms with Gasteiger partial charge in [0.15, 0.2) is 0 Å². The average molecular weight is 370 g/mol. The Kier molecular flexibility index (Phi) is 5.64. The first-order chi connectivity index (χ1) is 12.0. The van der Waals surface area contributed by atoms with E-state index in [-0.39, 0.29) is 34.7 Å². The second-order valence-corrected chi connectivity index (χ2v) is 6.60. The molecule has 0 bridgehead atoms. The number of amides is 1. The number of nitrogens with zero attached hydrogens (tertiary/aromatic N) is 4. The molecule has 0 radical (unpaired) electrons. The lowest BCUT2D eigenvalue weighted by Crippen LogP contribution is -2.45. The lowest BCUT2D eigenvalue weighted by Gasteiger charge is -2.34. The molecule has 136 valence electrons. The van der Waals surface area contributed by atoms with Gasteiger partial charge in [0.25, 0.3) is 0 Å². The zero-order valence-electron chi connectivity index (χ0n) is 13.7. The van der Waals surface area contributed by atoms with Gasteiger partial charge in [-0.15, -0.1) is 0 Å². The number of carbonyl (C=O) groups excluding carboxylic acids is 1. The van der Waals surface area contributed by atoms with Crippen molar-refractivity contribution in [1.82, 2.24) is 14.9 Å². The van der Waals surface area contributed by atoms with E-state index in [1.807, 2.05) is 4.90 Å². The minimum absolute atomic E-state index is 0.0140. The first-order valence-electron chi connectivity index (χ1n) is 8.34. The van der Waals surface area contributed by atoms with E-state index in [9.17, 15) is 14.9 Å². The molecule has 2 fully saturated rings. The molecule has 2 aliphatic rings. The van der Waals surface area contributed by atoms with Crippen molar-refractivity contribution in [3.05, 3.63) is 21.6 Å². The van der Waals surface area contributed by atoms with E-state index in [1.54, 1.807) is 0 Å². The van der Waals surface area contributed by atoms with Crippen LogP contribution in [0.4, 0.5) is 11.5 Å². The molecule has 10 heteroatoms. The number of morpholine rings is 1. The number of hydrogen-bond donors (Lipinski definition) is 1. The topological polar surface area (TPSA) is 110 Å². The minimum Gasteiger partial charge on any atom is -0.378 e. The van der Waals surface area contributed by atoms with E-state index in [4.69, 9.17) is 16.3 Å². The zero-order chi connectivity index (χ0) is 17.8. The highest BCUT2D eigenvalue weighted by molar-refractivity contribution is 6.28. The van der Waals surface area contributed by atoms with Crippen LogP contribution in [0, 0.1) is 16.0 Å². The summed E-state index contributed by atoms with van der Waals surface area (Å²) in [7, 11) is 0. The summed E-state index contributed by atoms with van der Waals surface area (Å²) in [6.45, 7) is 2.51. The van der Waals surface area contributed by atoms with Crippen molar-refractivity contribution in [2.45, 2.75) is 31.7 Å². The summed E-state index contributed by atoms with van der Waals surface area (Å²) >= 11 is 5.74. The highest BCUT2D eigenvalue weighted by atomic mass is 35.5. The van der Waals surface area contributed by atoms with E-state index in [2.05, 4.69) is 15.3 Å². The van der Waals surface area contributed by atoms with Crippen LogP contribution in [0.15, 0.2) is 6.20 Å². The predicted molar refractivity (Wildman–Crippen MR) is 90.5 cm³/mol. The molecular weight excluding hydrogens is 350 g/mol. The van der Waals surface area contributed by atoms with Gasteiger partial charge in [-0.1, -0.05) is 0 Å². The van der Waals surface area contributed by atoms with E-state index < -0.39 is 4.92 Å². The molecule has 1 saturated carbocycles. The first-order valence-corrected chi connectivity index (χ1v) is 8.72. The highest BCUT2D eigenvalue weighted by Gasteiger charge is 2.31. The smallest absolute Gasteiger partial charge is 0.329 e. The summed E-state index contributed by atoms with van der Waals surface area (Å²) in [5.41, 5.74) is -0.198. The standard InChI is InChI=1S/C15H20ClN5O4/c16-15-17-9-12(21(23)24)13(19-15)18-11-3-1-10(2-4-11)14(22)20-5-7-25-8-6-20/h9-11H,1-8H2,(H,17,18,19). The molecule has 0 spiro atoms. The number of ether oxygens (including phenoxy) is 1. The Bertz CT molecular complexity index is 645. The fourth-order valence-electron chi connectivity index (χ4n) is 3.31. The quantitative estimate of drug-likeness (QED) is 0.490. The van der Waals surface area contributed by atoms with Crippen molar-refractivity contribution in [2.24, 2.45) is 5.92 Å². The lowest BCUT2D eigenvalue weighted by atomic mass is 9.85. The van der Waals surface area contributed by atoms with Gasteiger partial charge in [0.1, 0.15) is 6.20 Å². The van der Waals surface area contributed by atoms with Gasteiger partial charge in [-0.2, -0.15) is 4.98 Å². The molecule has 1 aliphatic carbocycles. The van der Waals surface area contributed by atoms with E-state index >= 15 is 0 Å². The predicted octanol–water partition coefficient (Wildman–Crippen LogP) is 1.87. The van der Waals surface area contributed by atoms with Crippen molar-refractivity contribution in [1.29, 1.82) is 0 Å². The molecule has 3 rings (SSSR count). The third kappa shape index (κ3) is 4.35. The van der Waals surface area contributed by atoms with Crippen molar-refractivity contribution < 1.29 is 14.5 Å². The van der Waals surface area contributed by atoms with Crippen LogP contribution in [0.5, 0.6) is 0 Å². The number of rotatable bonds is 4. The van der Waals surface area contributed by atoms with Crippen molar-refractivity contribution >= 4 is 29.0 Å². The number of aromatic nitrogens is 2. The maximum Gasteiger partial charge on any atom is 0.329 e. The number of nitrogens with one attached hydrogen (secondary N) is 1. The molecule has 9 nitrogen and oxygen atoms in total. The Labute approximate surface area is 149 Å². The van der Waals surface area contributed by atoms with Crippen LogP contribution in [0.25, 0.3) is 0 Å². The molecule has 2 heterocycles. The molecule has 0 unspecified atom stereocenters. The van der Waals surface area contributed by atoms with Gasteiger partial charge < -0.3 is 15.0 Å². The molecule has 1 aromatic rings. The van der Waals surface area contributed by atoms with Crippen LogP contribution in [0.2, 0.25) is 5.28 Å². The number of hydrogen-bond acceptors (Lipinski definition) is 7. The fraction of sp³-hybridized carbons (Fsp3) is 0.667. The van der Waals surface area contributed by atoms with Gasteiger partial charge in [-0.3, -0.25) is 14.9 Å². The van der Waals surface area contributed by atoms with Gasteiger partial charge in [0.2, 0.25) is 17.0 Å². The normalized spacial score (nSPS) is 24.0. The first kappa shape index (κ1) is 17.8. The van der Waals surface area contributed by atoms with Crippen LogP contribution < -0.4 is 5.32 Å². The number of anilines is 1. The van der Waals surface area contributed by atoms with Gasteiger partial charge >= 0.3 is 5.69 Å². The third-order valence-corrected chi connectivity index (χ3v) is 4.86. The van der Waals surface area contributed by atoms with Gasteiger partial charge in [0.05, 0.1) is 18.1 Å². The molecule has 1 aliphatic heterocycles. The van der Waals surface area contributed by atoms with Crippen molar-refractivity contribution in [3.8, 4) is 0 Å². The van der Waals surface area contributed by atoms with Crippen LogP contribution in [-0.2, 0) is 9.53 Å². The van der Waals surface area contributed by atoms with Crippen LogP contribution in [0.1, 0.15) is 25.7 Å². The van der Waals surface area contributed by atoms with E-state index in [0.29, 0.717) is 26.3 Å². The van der Waals surface area contributed by atoms with Gasteiger partial charge in [0, 0.05) is 25.0 Å². The molecule has 25 heavy (non-hydrogen) atoms. The summed E-state index contributed by atoms with van der Waals surface area (Å²) < 4.78 is 5.28. The van der Waals surface area contributed by atoms with Crippen molar-refractivity contribution in [2.75, 3.05) is 31.6 Å². The molecule has 1 aromatic heterocycles. The molecule has 1 N–H and O–H groups in total. The zero-order valence-corrected chi connectivity index (χ0v) is 14.4. The number of carbonyl (C=O) groups is 1. The van der Waals surface area contributed by atoms with Gasteiger partial charge in [-0.25, -0.2) is 4.98 Å². The van der Waals surface area contributed by atoms with Crippen LogP contribution >= 0.6 is 11.6 Å². The molecule has 0 aromatic carbocycles. The van der Waals surface area contributed by atoms with Gasteiger partial charge in [-0.05, 0) is 37.3 Å². The van der Waals surface area contributed by atoms with Crippen LogP contribution in [-0.4, -0.2) is 58.0 Å². The Morgan fingerprint density at radius 2 is 2.00 bits per heavy atom. The summed E-state index contributed by atoms with van der Waals surface area (Å²) in [4.78, 5) is 32.5. The monoisotopic (exact) mass is 369 g/mol. The maximum atomic E-state index is 12.5. The highest BCUT2D eigenvalue weighted by Crippen LogP contribution is 2.30. The van der Waals surface area contributed by atoms with E-state index in [1.165, 1.54) is 0 Å². The Morgan fingerprint density at radius 1 is 1.32 bits per heavy atom. The maximum absolute atomic E-state index is 12.5. The lowest BCUT2D eigenvalue weighted by molar-refractivity contribution is -0.384. The number of halogens is 1. The SMILES string of the molecule is O=C(C1CCC(Nc2nc(Cl)ncc2[N+](=O)[O-])CC1)N1CCOCC1. The summed E-state index contributed by atoms with van der Waals surface area (Å²) in [5.74, 6) is 0.339.